The van der Waals surface area contributed by atoms with Crippen LogP contribution >= 0.6 is 0 Å². The van der Waals surface area contributed by atoms with Crippen molar-refractivity contribution < 1.29 is 14.7 Å². The highest BCUT2D eigenvalue weighted by Crippen LogP contribution is 1.96. The minimum atomic E-state index is -1.02. The molecule has 5 heteroatoms. The van der Waals surface area contributed by atoms with Gasteiger partial charge in [0.25, 0.3) is 0 Å². The lowest BCUT2D eigenvalue weighted by atomic mass is 10.3. The molecule has 0 aliphatic heterocycles. The summed E-state index contributed by atoms with van der Waals surface area (Å²) in [5, 5.41) is 8.78. The molecule has 0 aromatic carbocycles. The molecule has 0 saturated heterocycles. The number of aliphatic hydroxyl groups is 1. The molecule has 0 fully saturated rings. The molecule has 1 atom stereocenters. The van der Waals surface area contributed by atoms with E-state index in [2.05, 4.69) is 9.98 Å². The summed E-state index contributed by atoms with van der Waals surface area (Å²) in [7, 11) is 0. The van der Waals surface area contributed by atoms with E-state index in [9.17, 15) is 9.59 Å². The summed E-state index contributed by atoms with van der Waals surface area (Å²) in [6, 6.07) is 0. The van der Waals surface area contributed by atoms with Gasteiger partial charge in [-0.3, -0.25) is 0 Å². The van der Waals surface area contributed by atoms with Crippen LogP contribution in [0.2, 0.25) is 0 Å². The van der Waals surface area contributed by atoms with Crippen LogP contribution in [0.3, 0.4) is 0 Å². The summed E-state index contributed by atoms with van der Waals surface area (Å²) in [4.78, 5) is 25.4. The van der Waals surface area contributed by atoms with E-state index < -0.39 is 6.23 Å². The van der Waals surface area contributed by atoms with Crippen LogP contribution in [0.25, 0.3) is 0 Å². The first-order valence-electron chi connectivity index (χ1n) is 3.10. The first-order chi connectivity index (χ1) is 5.31. The fourth-order valence-corrected chi connectivity index (χ4v) is 0.524. The molecule has 0 rings (SSSR count). The summed E-state index contributed by atoms with van der Waals surface area (Å²) in [5.41, 5.74) is 0. The van der Waals surface area contributed by atoms with Crippen molar-refractivity contribution in [2.24, 2.45) is 9.98 Å². The highest BCUT2D eigenvalue weighted by molar-refractivity contribution is 5.33. The molecule has 0 bridgehead atoms. The van der Waals surface area contributed by atoms with E-state index >= 15 is 0 Å². The van der Waals surface area contributed by atoms with Crippen LogP contribution in [0.15, 0.2) is 9.98 Å². The van der Waals surface area contributed by atoms with Crippen LogP contribution in [0, 0.1) is 0 Å². The van der Waals surface area contributed by atoms with Gasteiger partial charge in [-0.15, -0.1) is 0 Å². The topological polar surface area (TPSA) is 79.1 Å². The molecule has 0 spiro atoms. The molecule has 11 heavy (non-hydrogen) atoms. The molecular weight excluding hydrogens is 148 g/mol. The molecule has 1 unspecified atom stereocenters. The molecule has 0 saturated carbocycles. The summed E-state index contributed by atoms with van der Waals surface area (Å²) >= 11 is 0. The Kier molecular flexibility index (Phi) is 6.04. The molecule has 0 aliphatic carbocycles. The number of isocyanates is 2. The first-order valence-corrected chi connectivity index (χ1v) is 3.10. The monoisotopic (exact) mass is 156 g/mol. The van der Waals surface area contributed by atoms with Crippen LogP contribution in [-0.4, -0.2) is 30.0 Å². The number of hydrogen-bond acceptors (Lipinski definition) is 5. The summed E-state index contributed by atoms with van der Waals surface area (Å²) in [6.45, 7) is 0.301. The lowest BCUT2D eigenvalue weighted by Crippen LogP contribution is -2.02. The van der Waals surface area contributed by atoms with Crippen LogP contribution < -0.4 is 0 Å². The average Bonchev–Trinajstić information content (AvgIpc) is 1.99. The summed E-state index contributed by atoms with van der Waals surface area (Å²) in [6.07, 6.45) is 2.37. The van der Waals surface area contributed by atoms with Gasteiger partial charge in [-0.2, -0.15) is 4.99 Å². The van der Waals surface area contributed by atoms with Crippen molar-refractivity contribution in [3.63, 3.8) is 0 Å². The molecule has 0 aromatic rings. The predicted molar refractivity (Wildman–Crippen MR) is 36.4 cm³/mol. The average molecular weight is 156 g/mol. The van der Waals surface area contributed by atoms with Crippen molar-refractivity contribution in [1.29, 1.82) is 0 Å². The van der Waals surface area contributed by atoms with Crippen LogP contribution in [0.4, 0.5) is 0 Å². The number of aliphatic imine (C=N–C) groups is 2. The van der Waals surface area contributed by atoms with Gasteiger partial charge in [-0.05, 0) is 12.8 Å². The van der Waals surface area contributed by atoms with Gasteiger partial charge in [-0.1, -0.05) is 0 Å². The predicted octanol–water partition coefficient (Wildman–Crippen LogP) is -0.243. The molecule has 0 heterocycles. The Morgan fingerprint density at radius 3 is 2.64 bits per heavy atom. The largest absolute Gasteiger partial charge is 0.371 e. The maximum absolute atomic E-state index is 9.57. The Labute approximate surface area is 63.5 Å². The fraction of sp³-hybridized carbons (Fsp3) is 0.667. The Morgan fingerprint density at radius 2 is 2.09 bits per heavy atom. The standard InChI is InChI=1S/C6H8N2O3/c9-4-7-3-1-2-6(11)8-5-10/h6,11H,1-3H2. The molecule has 0 amide bonds. The van der Waals surface area contributed by atoms with Gasteiger partial charge in [0, 0.05) is 0 Å². The van der Waals surface area contributed by atoms with Crippen molar-refractivity contribution in [3.05, 3.63) is 0 Å². The van der Waals surface area contributed by atoms with Gasteiger partial charge < -0.3 is 5.11 Å². The number of carbonyl (C=O) groups excluding carboxylic acids is 2. The first kappa shape index (κ1) is 9.72. The number of nitrogens with zero attached hydrogens (tertiary/aromatic N) is 2. The van der Waals surface area contributed by atoms with E-state index in [1.54, 1.807) is 0 Å². The lowest BCUT2D eigenvalue weighted by molar-refractivity contribution is 0.172. The fourth-order valence-electron chi connectivity index (χ4n) is 0.524. The SMILES string of the molecule is O=C=NCCCC(O)N=C=O. The third kappa shape index (κ3) is 6.61. The van der Waals surface area contributed by atoms with Gasteiger partial charge in [0.15, 0.2) is 6.23 Å². The molecule has 0 aromatic heterocycles. The van der Waals surface area contributed by atoms with E-state index in [1.807, 2.05) is 0 Å². The minimum absolute atomic E-state index is 0.301. The Morgan fingerprint density at radius 1 is 1.36 bits per heavy atom. The van der Waals surface area contributed by atoms with Crippen molar-refractivity contribution in [1.82, 2.24) is 0 Å². The number of rotatable bonds is 5. The van der Waals surface area contributed by atoms with Crippen molar-refractivity contribution in [2.75, 3.05) is 6.54 Å². The lowest BCUT2D eigenvalue weighted by Gasteiger charge is -1.98. The van der Waals surface area contributed by atoms with Crippen molar-refractivity contribution in [2.45, 2.75) is 19.1 Å². The van der Waals surface area contributed by atoms with E-state index in [1.165, 1.54) is 12.2 Å². The normalized spacial score (nSPS) is 11.0. The van der Waals surface area contributed by atoms with Crippen molar-refractivity contribution in [3.8, 4) is 0 Å². The van der Waals surface area contributed by atoms with Gasteiger partial charge in [0.2, 0.25) is 12.2 Å². The Hall–Kier alpha value is -1.28. The molecule has 0 radical (unpaired) electrons. The van der Waals surface area contributed by atoms with Gasteiger partial charge >= 0.3 is 0 Å². The zero-order valence-corrected chi connectivity index (χ0v) is 5.86. The van der Waals surface area contributed by atoms with Crippen molar-refractivity contribution >= 4 is 12.2 Å². The highest BCUT2D eigenvalue weighted by atomic mass is 16.3. The molecule has 0 aliphatic rings. The maximum Gasteiger partial charge on any atom is 0.237 e. The molecule has 60 valence electrons. The third-order valence-electron chi connectivity index (χ3n) is 0.999. The van der Waals surface area contributed by atoms with E-state index in [0.29, 0.717) is 19.4 Å². The van der Waals surface area contributed by atoms with Gasteiger partial charge in [-0.25, -0.2) is 14.6 Å². The number of hydrogen-bond donors (Lipinski definition) is 1. The smallest absolute Gasteiger partial charge is 0.237 e. The zero-order valence-electron chi connectivity index (χ0n) is 5.86. The van der Waals surface area contributed by atoms with E-state index in [0.717, 1.165) is 0 Å². The molecule has 1 N–H and O–H groups in total. The minimum Gasteiger partial charge on any atom is -0.371 e. The van der Waals surface area contributed by atoms with Crippen LogP contribution in [0.5, 0.6) is 0 Å². The second kappa shape index (κ2) is 6.83. The van der Waals surface area contributed by atoms with E-state index in [4.69, 9.17) is 5.11 Å². The highest BCUT2D eigenvalue weighted by Gasteiger charge is 1.98. The summed E-state index contributed by atoms with van der Waals surface area (Å²) < 4.78 is 0. The Balaban J connectivity index is 3.37. The van der Waals surface area contributed by atoms with Crippen LogP contribution in [0.1, 0.15) is 12.8 Å². The maximum atomic E-state index is 9.57. The zero-order chi connectivity index (χ0) is 8.53. The quantitative estimate of drug-likeness (QED) is 0.339. The van der Waals surface area contributed by atoms with E-state index in [-0.39, 0.29) is 0 Å². The Bertz CT molecular complexity index is 192. The third-order valence-corrected chi connectivity index (χ3v) is 0.999. The summed E-state index contributed by atoms with van der Waals surface area (Å²) in [5.74, 6) is 0. The second-order valence-electron chi connectivity index (χ2n) is 1.82. The van der Waals surface area contributed by atoms with Crippen LogP contribution in [-0.2, 0) is 9.59 Å². The van der Waals surface area contributed by atoms with Gasteiger partial charge in [0.1, 0.15) is 0 Å². The number of aliphatic hydroxyl groups excluding tert-OH is 1. The molecular formula is C6H8N2O3. The second-order valence-corrected chi connectivity index (χ2v) is 1.82. The van der Waals surface area contributed by atoms with Gasteiger partial charge in [0.05, 0.1) is 6.54 Å². The molecule has 5 nitrogen and oxygen atoms in total.